The van der Waals surface area contributed by atoms with E-state index in [2.05, 4.69) is 0 Å². The van der Waals surface area contributed by atoms with E-state index >= 15 is 0 Å². The van der Waals surface area contributed by atoms with E-state index in [0.29, 0.717) is 12.8 Å². The Morgan fingerprint density at radius 1 is 1.38 bits per heavy atom. The molecule has 0 spiro atoms. The highest BCUT2D eigenvalue weighted by atomic mass is 16.3. The van der Waals surface area contributed by atoms with Gasteiger partial charge in [-0.1, -0.05) is 0 Å². The Kier molecular flexibility index (Phi) is 3.00. The molecule has 0 aromatic heterocycles. The van der Waals surface area contributed by atoms with E-state index in [1.54, 1.807) is 6.92 Å². The van der Waals surface area contributed by atoms with E-state index in [9.17, 15) is 10.2 Å². The summed E-state index contributed by atoms with van der Waals surface area (Å²) in [7, 11) is 0. The van der Waals surface area contributed by atoms with Gasteiger partial charge < -0.3 is 15.3 Å². The van der Waals surface area contributed by atoms with Crippen LogP contribution in [0.3, 0.4) is 0 Å². The van der Waals surface area contributed by atoms with Crippen LogP contribution in [-0.4, -0.2) is 33.1 Å². The van der Waals surface area contributed by atoms with Gasteiger partial charge >= 0.3 is 0 Å². The van der Waals surface area contributed by atoms with Gasteiger partial charge in [-0.15, -0.1) is 0 Å². The van der Waals surface area contributed by atoms with E-state index < -0.39 is 11.2 Å². The van der Waals surface area contributed by atoms with Gasteiger partial charge in [0.25, 0.3) is 0 Å². The summed E-state index contributed by atoms with van der Waals surface area (Å²) in [5.41, 5.74) is -1.54. The molecule has 0 aromatic rings. The van der Waals surface area contributed by atoms with Crippen LogP contribution in [0.15, 0.2) is 0 Å². The van der Waals surface area contributed by atoms with Gasteiger partial charge in [-0.25, -0.2) is 0 Å². The largest absolute Gasteiger partial charge is 0.393 e. The predicted octanol–water partition coefficient (Wildman–Crippen LogP) is 0.671. The molecule has 1 unspecified atom stereocenters. The van der Waals surface area contributed by atoms with Crippen molar-refractivity contribution in [3.05, 3.63) is 0 Å². The Labute approximate surface area is 79.4 Å². The number of aliphatic hydroxyl groups excluding tert-OH is 1. The summed E-state index contributed by atoms with van der Waals surface area (Å²) in [6.45, 7) is 3.30. The van der Waals surface area contributed by atoms with Crippen LogP contribution in [0.25, 0.3) is 0 Å². The molecule has 3 N–H and O–H groups in total. The molecule has 0 amide bonds. The summed E-state index contributed by atoms with van der Waals surface area (Å²) in [6.07, 6.45) is 3.02. The second-order valence-corrected chi connectivity index (χ2v) is 4.79. The number of hydrogen-bond donors (Lipinski definition) is 3. The van der Waals surface area contributed by atoms with Crippen LogP contribution in [0.5, 0.6) is 0 Å². The first-order valence-electron chi connectivity index (χ1n) is 4.93. The second-order valence-electron chi connectivity index (χ2n) is 4.79. The van der Waals surface area contributed by atoms with Gasteiger partial charge in [-0.3, -0.25) is 0 Å². The smallest absolute Gasteiger partial charge is 0.0877 e. The minimum atomic E-state index is -0.976. The van der Waals surface area contributed by atoms with Crippen molar-refractivity contribution in [2.75, 3.05) is 6.61 Å². The van der Waals surface area contributed by atoms with E-state index in [1.807, 2.05) is 6.92 Å². The van der Waals surface area contributed by atoms with Gasteiger partial charge in [0.2, 0.25) is 0 Å². The highest BCUT2D eigenvalue weighted by Gasteiger charge is 2.37. The molecule has 0 heterocycles. The molecule has 13 heavy (non-hydrogen) atoms. The van der Waals surface area contributed by atoms with Crippen LogP contribution in [0, 0.1) is 5.92 Å². The van der Waals surface area contributed by atoms with Crippen LogP contribution in [0.1, 0.15) is 39.5 Å². The molecule has 0 bridgehead atoms. The highest BCUT2D eigenvalue weighted by Crippen LogP contribution is 2.37. The van der Waals surface area contributed by atoms with Crippen LogP contribution in [0.2, 0.25) is 0 Å². The van der Waals surface area contributed by atoms with Crippen molar-refractivity contribution in [1.82, 2.24) is 0 Å². The van der Waals surface area contributed by atoms with Crippen LogP contribution in [0.4, 0.5) is 0 Å². The van der Waals surface area contributed by atoms with E-state index in [0.717, 1.165) is 12.8 Å². The van der Waals surface area contributed by atoms with Gasteiger partial charge in [0.05, 0.1) is 17.8 Å². The lowest BCUT2D eigenvalue weighted by atomic mass is 9.73. The van der Waals surface area contributed by atoms with E-state index in [-0.39, 0.29) is 12.5 Å². The predicted molar refractivity (Wildman–Crippen MR) is 50.3 cm³/mol. The first kappa shape index (κ1) is 11.0. The van der Waals surface area contributed by atoms with Gasteiger partial charge in [0.15, 0.2) is 0 Å². The fourth-order valence-electron chi connectivity index (χ4n) is 1.99. The molecule has 1 aliphatic carbocycles. The van der Waals surface area contributed by atoms with Crippen molar-refractivity contribution in [3.8, 4) is 0 Å². The average molecular weight is 188 g/mol. The zero-order chi connectivity index (χ0) is 10.1. The second kappa shape index (κ2) is 3.56. The van der Waals surface area contributed by atoms with Crippen LogP contribution in [-0.2, 0) is 0 Å². The topological polar surface area (TPSA) is 60.7 Å². The average Bonchev–Trinajstić information content (AvgIpc) is 2.04. The Balaban J connectivity index is 2.50. The Bertz CT molecular complexity index is 165. The zero-order valence-electron chi connectivity index (χ0n) is 8.45. The Morgan fingerprint density at radius 3 is 2.23 bits per heavy atom. The number of hydrogen-bond acceptors (Lipinski definition) is 3. The van der Waals surface area contributed by atoms with Crippen LogP contribution < -0.4 is 0 Å². The summed E-state index contributed by atoms with van der Waals surface area (Å²) >= 11 is 0. The minimum absolute atomic E-state index is 0.123. The first-order chi connectivity index (χ1) is 5.87. The SMILES string of the molecule is CC1(O)CCC(C(C)(O)CO)CC1. The number of rotatable bonds is 2. The minimum Gasteiger partial charge on any atom is -0.393 e. The molecule has 1 rings (SSSR count). The lowest BCUT2D eigenvalue weighted by molar-refractivity contribution is -0.0847. The van der Waals surface area contributed by atoms with Crippen LogP contribution >= 0.6 is 0 Å². The molecule has 1 atom stereocenters. The molecule has 1 fully saturated rings. The summed E-state index contributed by atoms with van der Waals surface area (Å²) in [5.74, 6) is 0.123. The standard InChI is InChI=1S/C10H20O3/c1-9(12)5-3-8(4-6-9)10(2,13)7-11/h8,11-13H,3-7H2,1-2H3. The molecular weight excluding hydrogens is 168 g/mol. The fraction of sp³-hybridized carbons (Fsp3) is 1.00. The van der Waals surface area contributed by atoms with Crippen molar-refractivity contribution in [2.24, 2.45) is 5.92 Å². The van der Waals surface area contributed by atoms with Crippen molar-refractivity contribution < 1.29 is 15.3 Å². The zero-order valence-corrected chi connectivity index (χ0v) is 8.45. The molecule has 78 valence electrons. The van der Waals surface area contributed by atoms with E-state index in [4.69, 9.17) is 5.11 Å². The normalized spacial score (nSPS) is 39.9. The Hall–Kier alpha value is -0.120. The van der Waals surface area contributed by atoms with Crippen molar-refractivity contribution >= 4 is 0 Å². The fourth-order valence-corrected chi connectivity index (χ4v) is 1.99. The monoisotopic (exact) mass is 188 g/mol. The van der Waals surface area contributed by atoms with Gasteiger partial charge in [-0.2, -0.15) is 0 Å². The maximum Gasteiger partial charge on any atom is 0.0877 e. The molecule has 3 heteroatoms. The lowest BCUT2D eigenvalue weighted by Crippen LogP contribution is -2.43. The first-order valence-corrected chi connectivity index (χ1v) is 4.93. The maximum absolute atomic E-state index is 9.79. The van der Waals surface area contributed by atoms with Crippen molar-refractivity contribution in [2.45, 2.75) is 50.7 Å². The van der Waals surface area contributed by atoms with Gasteiger partial charge in [-0.05, 0) is 45.4 Å². The Morgan fingerprint density at radius 2 is 1.85 bits per heavy atom. The molecule has 0 radical (unpaired) electrons. The summed E-state index contributed by atoms with van der Waals surface area (Å²) < 4.78 is 0. The molecular formula is C10H20O3. The molecule has 3 nitrogen and oxygen atoms in total. The quantitative estimate of drug-likeness (QED) is 0.597. The third-order valence-corrected chi connectivity index (χ3v) is 3.26. The molecule has 1 aliphatic rings. The number of aliphatic hydroxyl groups is 3. The summed E-state index contributed by atoms with van der Waals surface area (Å²) in [6, 6.07) is 0. The summed E-state index contributed by atoms with van der Waals surface area (Å²) in [4.78, 5) is 0. The molecule has 0 aromatic carbocycles. The van der Waals surface area contributed by atoms with Crippen molar-refractivity contribution in [3.63, 3.8) is 0 Å². The third-order valence-electron chi connectivity index (χ3n) is 3.26. The molecule has 0 saturated heterocycles. The molecule has 1 saturated carbocycles. The third kappa shape index (κ3) is 2.66. The highest BCUT2D eigenvalue weighted by molar-refractivity contribution is 4.89. The van der Waals surface area contributed by atoms with Gasteiger partial charge in [0.1, 0.15) is 0 Å². The van der Waals surface area contributed by atoms with Gasteiger partial charge in [0, 0.05) is 0 Å². The van der Waals surface area contributed by atoms with Crippen molar-refractivity contribution in [1.29, 1.82) is 0 Å². The molecule has 0 aliphatic heterocycles. The lowest BCUT2D eigenvalue weighted by Gasteiger charge is -2.39. The maximum atomic E-state index is 9.79. The summed E-state index contributed by atoms with van der Waals surface area (Å²) in [5, 5.41) is 28.4. The van der Waals surface area contributed by atoms with E-state index in [1.165, 1.54) is 0 Å².